The molecular weight excluding hydrogens is 333 g/mol. The van der Waals surface area contributed by atoms with Gasteiger partial charge in [0.15, 0.2) is 0 Å². The van der Waals surface area contributed by atoms with E-state index in [4.69, 9.17) is 4.74 Å². The molecular formula is C21H26FNO3. The second-order valence-electron chi connectivity index (χ2n) is 6.40. The molecule has 2 aromatic rings. The summed E-state index contributed by atoms with van der Waals surface area (Å²) in [6.45, 7) is 0.253. The second-order valence-corrected chi connectivity index (χ2v) is 6.40. The molecule has 0 fully saturated rings. The van der Waals surface area contributed by atoms with Crippen LogP contribution in [0.1, 0.15) is 36.5 Å². The number of amides is 1. The number of aliphatic hydroxyl groups excluding tert-OH is 1. The number of ether oxygens (including phenoxy) is 1. The van der Waals surface area contributed by atoms with Crippen LogP contribution in [-0.2, 0) is 11.2 Å². The first kappa shape index (κ1) is 19.9. The Morgan fingerprint density at radius 1 is 1.12 bits per heavy atom. The Morgan fingerprint density at radius 2 is 1.77 bits per heavy atom. The molecule has 0 bridgehead atoms. The molecule has 1 atom stereocenters. The van der Waals surface area contributed by atoms with Crippen LogP contribution in [0.2, 0.25) is 0 Å². The van der Waals surface area contributed by atoms with E-state index in [0.717, 1.165) is 36.1 Å². The van der Waals surface area contributed by atoms with E-state index in [2.05, 4.69) is 0 Å². The minimum absolute atomic E-state index is 0.0108. The maximum Gasteiger partial charge on any atom is 0.222 e. The number of likely N-dealkylation sites (N-methyl/N-ethyl adjacent to an activating group) is 1. The van der Waals surface area contributed by atoms with Gasteiger partial charge in [-0.1, -0.05) is 24.3 Å². The fourth-order valence-electron chi connectivity index (χ4n) is 2.74. The molecule has 26 heavy (non-hydrogen) atoms. The van der Waals surface area contributed by atoms with Crippen molar-refractivity contribution in [2.45, 2.75) is 31.8 Å². The molecule has 2 rings (SSSR count). The first-order valence-corrected chi connectivity index (χ1v) is 8.80. The topological polar surface area (TPSA) is 49.8 Å². The molecule has 0 radical (unpaired) electrons. The molecule has 0 saturated heterocycles. The van der Waals surface area contributed by atoms with E-state index in [1.165, 1.54) is 12.1 Å². The van der Waals surface area contributed by atoms with Gasteiger partial charge in [-0.05, 0) is 54.7 Å². The van der Waals surface area contributed by atoms with Crippen LogP contribution in [0.3, 0.4) is 0 Å². The number of unbranched alkanes of at least 4 members (excludes halogenated alkanes) is 1. The van der Waals surface area contributed by atoms with E-state index in [9.17, 15) is 14.3 Å². The number of nitrogens with zero attached hydrogens (tertiary/aromatic N) is 1. The molecule has 0 aliphatic rings. The highest BCUT2D eigenvalue weighted by molar-refractivity contribution is 5.75. The predicted molar refractivity (Wildman–Crippen MR) is 99.5 cm³/mol. The Labute approximate surface area is 154 Å². The van der Waals surface area contributed by atoms with Gasteiger partial charge in [-0.2, -0.15) is 0 Å². The molecule has 0 aliphatic heterocycles. The Bertz CT molecular complexity index is 685. The summed E-state index contributed by atoms with van der Waals surface area (Å²) in [6, 6.07) is 13.6. The van der Waals surface area contributed by atoms with Gasteiger partial charge in [-0.15, -0.1) is 0 Å². The minimum Gasteiger partial charge on any atom is -0.497 e. The Kier molecular flexibility index (Phi) is 7.60. The van der Waals surface area contributed by atoms with Crippen LogP contribution in [-0.4, -0.2) is 36.6 Å². The van der Waals surface area contributed by atoms with Crippen molar-refractivity contribution in [2.75, 3.05) is 20.7 Å². The molecule has 0 aliphatic carbocycles. The Morgan fingerprint density at radius 3 is 2.38 bits per heavy atom. The smallest absolute Gasteiger partial charge is 0.222 e. The predicted octanol–water partition coefficient (Wildman–Crippen LogP) is 3.74. The quantitative estimate of drug-likeness (QED) is 0.694. The lowest BCUT2D eigenvalue weighted by molar-refractivity contribution is -0.131. The van der Waals surface area contributed by atoms with E-state index in [-0.39, 0.29) is 18.3 Å². The number of halogens is 1. The van der Waals surface area contributed by atoms with E-state index in [1.54, 1.807) is 55.5 Å². The van der Waals surface area contributed by atoms with Gasteiger partial charge in [-0.3, -0.25) is 4.79 Å². The highest BCUT2D eigenvalue weighted by Gasteiger charge is 2.15. The van der Waals surface area contributed by atoms with Crippen molar-refractivity contribution in [3.05, 3.63) is 65.5 Å². The van der Waals surface area contributed by atoms with Gasteiger partial charge in [0.1, 0.15) is 11.6 Å². The molecule has 2 aromatic carbocycles. The van der Waals surface area contributed by atoms with Crippen molar-refractivity contribution in [1.29, 1.82) is 0 Å². The maximum atomic E-state index is 12.9. The Hall–Kier alpha value is -2.40. The van der Waals surface area contributed by atoms with Crippen LogP contribution in [0.5, 0.6) is 5.75 Å². The average Bonchev–Trinajstić information content (AvgIpc) is 2.66. The first-order chi connectivity index (χ1) is 12.5. The molecule has 0 spiro atoms. The van der Waals surface area contributed by atoms with Crippen molar-refractivity contribution < 1.29 is 19.0 Å². The van der Waals surface area contributed by atoms with E-state index in [1.807, 2.05) is 0 Å². The molecule has 140 valence electrons. The van der Waals surface area contributed by atoms with Gasteiger partial charge in [-0.25, -0.2) is 4.39 Å². The summed E-state index contributed by atoms with van der Waals surface area (Å²) in [5.41, 5.74) is 1.82. The van der Waals surface area contributed by atoms with Crippen LogP contribution in [0.4, 0.5) is 4.39 Å². The summed E-state index contributed by atoms with van der Waals surface area (Å²) < 4.78 is 18.0. The largest absolute Gasteiger partial charge is 0.497 e. The number of hydrogen-bond acceptors (Lipinski definition) is 3. The highest BCUT2D eigenvalue weighted by Crippen LogP contribution is 2.18. The zero-order valence-corrected chi connectivity index (χ0v) is 15.3. The van der Waals surface area contributed by atoms with Gasteiger partial charge in [0.2, 0.25) is 5.91 Å². The molecule has 1 unspecified atom stereocenters. The summed E-state index contributed by atoms with van der Waals surface area (Å²) in [5, 5.41) is 10.3. The van der Waals surface area contributed by atoms with Gasteiger partial charge in [0.25, 0.3) is 0 Å². The normalized spacial score (nSPS) is 11.8. The monoisotopic (exact) mass is 359 g/mol. The fraction of sp³-hybridized carbons (Fsp3) is 0.381. The summed E-state index contributed by atoms with van der Waals surface area (Å²) in [5.74, 6) is 0.504. The number of carbonyl (C=O) groups excluding carboxylic acids is 1. The number of hydrogen-bond donors (Lipinski definition) is 1. The van der Waals surface area contributed by atoms with E-state index in [0.29, 0.717) is 6.42 Å². The molecule has 4 nitrogen and oxygen atoms in total. The SMILES string of the molecule is COc1ccc(C(O)CN(C)C(=O)CCCCc2ccc(F)cc2)cc1. The van der Waals surface area contributed by atoms with Crippen molar-refractivity contribution in [1.82, 2.24) is 4.90 Å². The van der Waals surface area contributed by atoms with Crippen LogP contribution in [0.25, 0.3) is 0 Å². The molecule has 1 amide bonds. The first-order valence-electron chi connectivity index (χ1n) is 8.80. The summed E-state index contributed by atoms with van der Waals surface area (Å²) >= 11 is 0. The average molecular weight is 359 g/mol. The second kappa shape index (κ2) is 9.92. The van der Waals surface area contributed by atoms with E-state index < -0.39 is 6.10 Å². The molecule has 5 heteroatoms. The number of benzene rings is 2. The van der Waals surface area contributed by atoms with Crippen molar-refractivity contribution in [3.63, 3.8) is 0 Å². The molecule has 0 saturated carbocycles. The molecule has 0 aromatic heterocycles. The summed E-state index contributed by atoms with van der Waals surface area (Å²) in [7, 11) is 3.29. The lowest BCUT2D eigenvalue weighted by atomic mass is 10.1. The minimum atomic E-state index is -0.728. The molecule has 0 heterocycles. The van der Waals surface area contributed by atoms with Crippen LogP contribution in [0.15, 0.2) is 48.5 Å². The Balaban J connectivity index is 1.71. The summed E-state index contributed by atoms with van der Waals surface area (Å²) in [6.07, 6.45) is 2.17. The third-order valence-electron chi connectivity index (χ3n) is 4.39. The van der Waals surface area contributed by atoms with Crippen molar-refractivity contribution in [2.24, 2.45) is 0 Å². The van der Waals surface area contributed by atoms with Crippen molar-refractivity contribution in [3.8, 4) is 5.75 Å². The highest BCUT2D eigenvalue weighted by atomic mass is 19.1. The third-order valence-corrected chi connectivity index (χ3v) is 4.39. The maximum absolute atomic E-state index is 12.9. The fourth-order valence-corrected chi connectivity index (χ4v) is 2.74. The lowest BCUT2D eigenvalue weighted by Gasteiger charge is -2.21. The van der Waals surface area contributed by atoms with Gasteiger partial charge in [0, 0.05) is 13.5 Å². The van der Waals surface area contributed by atoms with Crippen molar-refractivity contribution >= 4 is 5.91 Å². The molecule has 1 N–H and O–H groups in total. The number of aliphatic hydroxyl groups is 1. The van der Waals surface area contributed by atoms with Gasteiger partial charge >= 0.3 is 0 Å². The summed E-state index contributed by atoms with van der Waals surface area (Å²) in [4.78, 5) is 13.8. The number of aryl methyl sites for hydroxylation is 1. The van der Waals surface area contributed by atoms with Crippen LogP contribution >= 0.6 is 0 Å². The number of rotatable bonds is 9. The van der Waals surface area contributed by atoms with Gasteiger partial charge < -0.3 is 14.7 Å². The zero-order chi connectivity index (χ0) is 18.9. The van der Waals surface area contributed by atoms with Crippen LogP contribution in [0, 0.1) is 5.82 Å². The number of methoxy groups -OCH3 is 1. The van der Waals surface area contributed by atoms with Gasteiger partial charge in [0.05, 0.1) is 19.8 Å². The van der Waals surface area contributed by atoms with Crippen LogP contribution < -0.4 is 4.74 Å². The third kappa shape index (κ3) is 6.15. The standard InChI is InChI=1S/C21H26FNO3/c1-23(15-20(24)17-9-13-19(26-2)14-10-17)21(25)6-4-3-5-16-7-11-18(22)12-8-16/h7-14,20,24H,3-6,15H2,1-2H3. The zero-order valence-electron chi connectivity index (χ0n) is 15.3. The lowest BCUT2D eigenvalue weighted by Crippen LogP contribution is -2.30. The number of carbonyl (C=O) groups is 1. The van der Waals surface area contributed by atoms with E-state index >= 15 is 0 Å².